The highest BCUT2D eigenvalue weighted by Crippen LogP contribution is 2.13. The van der Waals surface area contributed by atoms with Crippen molar-refractivity contribution in [2.75, 3.05) is 0 Å². The number of amides is 2. The minimum atomic E-state index is -1.20. The van der Waals surface area contributed by atoms with E-state index in [1.54, 1.807) is 48.5 Å². The van der Waals surface area contributed by atoms with E-state index in [1.807, 2.05) is 36.4 Å². The molecule has 0 heterocycles. The molecule has 7 nitrogen and oxygen atoms in total. The van der Waals surface area contributed by atoms with Crippen molar-refractivity contribution >= 4 is 23.6 Å². The molecule has 0 saturated heterocycles. The lowest BCUT2D eigenvalue weighted by Gasteiger charge is -2.21. The van der Waals surface area contributed by atoms with E-state index in [2.05, 4.69) is 10.6 Å². The second kappa shape index (κ2) is 11.6. The van der Waals surface area contributed by atoms with Crippen LogP contribution in [0.15, 0.2) is 84.9 Å². The van der Waals surface area contributed by atoms with E-state index in [4.69, 9.17) is 0 Å². The first-order valence-corrected chi connectivity index (χ1v) is 10.9. The van der Waals surface area contributed by atoms with E-state index >= 15 is 0 Å². The summed E-state index contributed by atoms with van der Waals surface area (Å²) in [6.45, 7) is 1.30. The third-order valence-electron chi connectivity index (χ3n) is 5.28. The largest absolute Gasteiger partial charge is 0.480 e. The number of carbonyl (C=O) groups is 4. The quantitative estimate of drug-likeness (QED) is 0.405. The summed E-state index contributed by atoms with van der Waals surface area (Å²) in [6.07, 6.45) is 0.258. The predicted octanol–water partition coefficient (Wildman–Crippen LogP) is 2.78. The van der Waals surface area contributed by atoms with Crippen LogP contribution in [0.25, 0.3) is 0 Å². The Morgan fingerprint density at radius 2 is 1.18 bits per heavy atom. The molecule has 34 heavy (non-hydrogen) atoms. The molecular formula is C27H26N2O5. The van der Waals surface area contributed by atoms with Crippen molar-refractivity contribution in [3.05, 3.63) is 107 Å². The maximum atomic E-state index is 12.9. The first-order chi connectivity index (χ1) is 16.3. The maximum Gasteiger partial charge on any atom is 0.326 e. The van der Waals surface area contributed by atoms with Gasteiger partial charge in [0.05, 0.1) is 0 Å². The van der Waals surface area contributed by atoms with Crippen LogP contribution in [0.2, 0.25) is 0 Å². The zero-order valence-corrected chi connectivity index (χ0v) is 18.7. The molecule has 3 aromatic carbocycles. The van der Waals surface area contributed by atoms with Gasteiger partial charge in [0, 0.05) is 30.9 Å². The van der Waals surface area contributed by atoms with Crippen molar-refractivity contribution < 1.29 is 24.3 Å². The third-order valence-corrected chi connectivity index (χ3v) is 5.28. The van der Waals surface area contributed by atoms with Crippen molar-refractivity contribution in [1.82, 2.24) is 10.6 Å². The number of nitrogens with one attached hydrogen (secondary N) is 2. The molecule has 0 aromatic heterocycles. The number of ketones is 1. The highest BCUT2D eigenvalue weighted by molar-refractivity contribution is 6.08. The Morgan fingerprint density at radius 3 is 1.74 bits per heavy atom. The summed E-state index contributed by atoms with van der Waals surface area (Å²) in [6, 6.07) is 22.5. The van der Waals surface area contributed by atoms with Crippen LogP contribution >= 0.6 is 0 Å². The Balaban J connectivity index is 1.69. The molecule has 2 amide bonds. The second-order valence-electron chi connectivity index (χ2n) is 7.94. The summed E-state index contributed by atoms with van der Waals surface area (Å²) in [5.41, 5.74) is 2.53. The molecule has 0 saturated carbocycles. The van der Waals surface area contributed by atoms with Gasteiger partial charge in [0.25, 0.3) is 0 Å². The molecular weight excluding hydrogens is 432 g/mol. The molecule has 2 atom stereocenters. The van der Waals surface area contributed by atoms with Crippen molar-refractivity contribution in [3.63, 3.8) is 0 Å². The summed E-state index contributed by atoms with van der Waals surface area (Å²) in [7, 11) is 0. The van der Waals surface area contributed by atoms with Gasteiger partial charge < -0.3 is 15.7 Å². The van der Waals surface area contributed by atoms with E-state index in [-0.39, 0.29) is 24.5 Å². The van der Waals surface area contributed by atoms with E-state index in [1.165, 1.54) is 6.92 Å². The van der Waals surface area contributed by atoms with Gasteiger partial charge in [-0.2, -0.15) is 0 Å². The Morgan fingerprint density at radius 1 is 0.676 bits per heavy atom. The number of rotatable bonds is 10. The van der Waals surface area contributed by atoms with E-state index in [0.717, 1.165) is 5.56 Å². The van der Waals surface area contributed by atoms with Crippen molar-refractivity contribution in [1.29, 1.82) is 0 Å². The molecule has 0 unspecified atom stereocenters. The number of hydrogen-bond acceptors (Lipinski definition) is 4. The van der Waals surface area contributed by atoms with Crippen LogP contribution < -0.4 is 10.6 Å². The highest BCUT2D eigenvalue weighted by Gasteiger charge is 2.26. The topological polar surface area (TPSA) is 113 Å². The summed E-state index contributed by atoms with van der Waals surface area (Å²) < 4.78 is 0. The molecule has 174 valence electrons. The van der Waals surface area contributed by atoms with Crippen LogP contribution in [-0.4, -0.2) is 40.8 Å². The molecule has 0 aliphatic heterocycles. The first-order valence-electron chi connectivity index (χ1n) is 10.9. The molecule has 0 fully saturated rings. The maximum absolute atomic E-state index is 12.9. The van der Waals surface area contributed by atoms with Crippen LogP contribution in [0.3, 0.4) is 0 Å². The predicted molar refractivity (Wildman–Crippen MR) is 127 cm³/mol. The van der Waals surface area contributed by atoms with E-state index < -0.39 is 24.0 Å². The highest BCUT2D eigenvalue weighted by atomic mass is 16.4. The van der Waals surface area contributed by atoms with Gasteiger partial charge >= 0.3 is 5.97 Å². The van der Waals surface area contributed by atoms with Gasteiger partial charge in [0.15, 0.2) is 5.78 Å². The number of carboxylic acid groups (broad SMARTS) is 1. The van der Waals surface area contributed by atoms with E-state index in [0.29, 0.717) is 16.7 Å². The van der Waals surface area contributed by atoms with Gasteiger partial charge in [-0.05, 0) is 11.1 Å². The third kappa shape index (κ3) is 6.87. The lowest BCUT2D eigenvalue weighted by atomic mass is 9.99. The molecule has 7 heteroatoms. The summed E-state index contributed by atoms with van der Waals surface area (Å²) >= 11 is 0. The van der Waals surface area contributed by atoms with E-state index in [9.17, 15) is 24.3 Å². The summed E-state index contributed by atoms with van der Waals surface area (Å²) in [5, 5.41) is 14.8. The van der Waals surface area contributed by atoms with Gasteiger partial charge in [-0.25, -0.2) is 4.79 Å². The van der Waals surface area contributed by atoms with Crippen LogP contribution in [0.1, 0.15) is 34.0 Å². The van der Waals surface area contributed by atoms with Gasteiger partial charge in [0.1, 0.15) is 12.1 Å². The zero-order valence-electron chi connectivity index (χ0n) is 18.7. The molecule has 0 spiro atoms. The molecule has 0 bridgehead atoms. The first kappa shape index (κ1) is 24.4. The van der Waals surface area contributed by atoms with Crippen LogP contribution in [-0.2, 0) is 27.2 Å². The minimum Gasteiger partial charge on any atom is -0.480 e. The lowest BCUT2D eigenvalue weighted by Crippen LogP contribution is -2.52. The normalized spacial score (nSPS) is 12.3. The van der Waals surface area contributed by atoms with Gasteiger partial charge in [-0.15, -0.1) is 0 Å². The van der Waals surface area contributed by atoms with Crippen LogP contribution in [0, 0.1) is 0 Å². The fourth-order valence-electron chi connectivity index (χ4n) is 3.56. The molecule has 3 rings (SSSR count). The number of carboxylic acids is 1. The standard InChI is InChI=1S/C27H26N2O5/c1-18(30)28-23(16-19-8-4-2-5-9-19)26(32)29-24(27(33)34)17-20-12-14-22(15-13-20)25(31)21-10-6-3-7-11-21/h2-15,23-24H,16-17H2,1H3,(H,28,30)(H,29,32)(H,33,34)/t23-,24-/m0/s1. The summed E-state index contributed by atoms with van der Waals surface area (Å²) in [5.74, 6) is -2.29. The fourth-order valence-corrected chi connectivity index (χ4v) is 3.56. The molecule has 0 aliphatic rings. The number of carbonyl (C=O) groups excluding carboxylic acids is 3. The smallest absolute Gasteiger partial charge is 0.326 e. The van der Waals surface area contributed by atoms with Gasteiger partial charge in [0.2, 0.25) is 11.8 Å². The van der Waals surface area contributed by atoms with Crippen LogP contribution in [0.4, 0.5) is 0 Å². The SMILES string of the molecule is CC(=O)N[C@@H](Cc1ccccc1)C(=O)N[C@@H](Cc1ccc(C(=O)c2ccccc2)cc1)C(=O)O. The van der Waals surface area contributed by atoms with Gasteiger partial charge in [-0.1, -0.05) is 84.9 Å². The van der Waals surface area contributed by atoms with Gasteiger partial charge in [-0.3, -0.25) is 14.4 Å². The minimum absolute atomic E-state index is 0.0268. The average molecular weight is 459 g/mol. The Kier molecular flexibility index (Phi) is 8.29. The Labute approximate surface area is 197 Å². The van der Waals surface area contributed by atoms with Crippen molar-refractivity contribution in [3.8, 4) is 0 Å². The molecule has 3 aromatic rings. The molecule has 0 aliphatic carbocycles. The van der Waals surface area contributed by atoms with Crippen molar-refractivity contribution in [2.24, 2.45) is 0 Å². The lowest BCUT2D eigenvalue weighted by molar-refractivity contribution is -0.142. The van der Waals surface area contributed by atoms with Crippen molar-refractivity contribution in [2.45, 2.75) is 31.8 Å². The number of benzene rings is 3. The fraction of sp³-hybridized carbons (Fsp3) is 0.185. The average Bonchev–Trinajstić information content (AvgIpc) is 2.84. The number of aliphatic carboxylic acids is 1. The summed E-state index contributed by atoms with van der Waals surface area (Å²) in [4.78, 5) is 48.9. The second-order valence-corrected chi connectivity index (χ2v) is 7.94. The van der Waals surface area contributed by atoms with Crippen LogP contribution in [0.5, 0.6) is 0 Å². The zero-order chi connectivity index (χ0) is 24.5. The number of hydrogen-bond donors (Lipinski definition) is 3. The Bertz CT molecular complexity index is 1140. The monoisotopic (exact) mass is 458 g/mol. The molecule has 0 radical (unpaired) electrons. The molecule has 3 N–H and O–H groups in total. The Hall–Kier alpha value is -4.26.